The number of aryl methyl sites for hydroxylation is 1. The van der Waals surface area contributed by atoms with Crippen LogP contribution in [-0.4, -0.2) is 28.8 Å². The number of hydrogen-bond donors (Lipinski definition) is 2. The Balaban J connectivity index is 0.00000162. The Labute approximate surface area is 114 Å². The van der Waals surface area contributed by atoms with E-state index in [-0.39, 0.29) is 18.3 Å². The minimum absolute atomic E-state index is 0. The predicted octanol–water partition coefficient (Wildman–Crippen LogP) is 1.65. The maximum Gasteiger partial charge on any atom is 0.224 e. The van der Waals surface area contributed by atoms with E-state index < -0.39 is 0 Å². The Hall–Kier alpha value is -1.07. The van der Waals surface area contributed by atoms with Crippen LogP contribution in [0.5, 0.6) is 0 Å². The van der Waals surface area contributed by atoms with Gasteiger partial charge in [-0.05, 0) is 38.8 Å². The summed E-state index contributed by atoms with van der Waals surface area (Å²) in [4.78, 5) is 11.8. The summed E-state index contributed by atoms with van der Waals surface area (Å²) in [5, 5.41) is 10.3. The first-order valence-corrected chi connectivity index (χ1v) is 6.31. The van der Waals surface area contributed by atoms with Crippen molar-refractivity contribution in [1.82, 2.24) is 15.1 Å². The number of rotatable bonds is 4. The smallest absolute Gasteiger partial charge is 0.224 e. The molecule has 0 radical (unpaired) electrons. The lowest BCUT2D eigenvalue weighted by Gasteiger charge is -2.21. The Morgan fingerprint density at radius 1 is 1.56 bits per heavy atom. The Morgan fingerprint density at radius 2 is 2.28 bits per heavy atom. The number of amides is 1. The van der Waals surface area contributed by atoms with Crippen molar-refractivity contribution in [3.05, 3.63) is 12.4 Å². The molecule has 0 aromatic carbocycles. The lowest BCUT2D eigenvalue weighted by Crippen LogP contribution is -2.30. The third kappa shape index (κ3) is 4.31. The summed E-state index contributed by atoms with van der Waals surface area (Å²) in [5.74, 6) is 0.630. The van der Waals surface area contributed by atoms with Crippen LogP contribution < -0.4 is 10.6 Å². The Bertz CT molecular complexity index is 374. The van der Waals surface area contributed by atoms with Gasteiger partial charge in [-0.2, -0.15) is 5.10 Å². The van der Waals surface area contributed by atoms with Gasteiger partial charge in [0.1, 0.15) is 0 Å². The summed E-state index contributed by atoms with van der Waals surface area (Å²) in [6, 6.07) is 0. The lowest BCUT2D eigenvalue weighted by atomic mass is 9.94. The molecule has 0 aliphatic carbocycles. The van der Waals surface area contributed by atoms with E-state index in [2.05, 4.69) is 15.7 Å². The number of hydrogen-bond acceptors (Lipinski definition) is 3. The van der Waals surface area contributed by atoms with Crippen LogP contribution in [0, 0.1) is 5.92 Å². The molecule has 0 atom stereocenters. The normalized spacial score (nSPS) is 16.1. The van der Waals surface area contributed by atoms with Crippen LogP contribution in [0.15, 0.2) is 12.4 Å². The SMILES string of the molecule is CCn1cc(NC(=O)CC2CCNCC2)cn1.Cl. The highest BCUT2D eigenvalue weighted by Crippen LogP contribution is 2.16. The van der Waals surface area contributed by atoms with Crippen molar-refractivity contribution in [1.29, 1.82) is 0 Å². The molecule has 2 N–H and O–H groups in total. The third-order valence-corrected chi connectivity index (χ3v) is 3.17. The Morgan fingerprint density at radius 3 is 2.89 bits per heavy atom. The second-order valence-electron chi connectivity index (χ2n) is 4.53. The number of aromatic nitrogens is 2. The second kappa shape index (κ2) is 7.38. The van der Waals surface area contributed by atoms with Crippen LogP contribution in [-0.2, 0) is 11.3 Å². The van der Waals surface area contributed by atoms with Gasteiger partial charge < -0.3 is 10.6 Å². The van der Waals surface area contributed by atoms with E-state index in [0.29, 0.717) is 12.3 Å². The molecule has 0 saturated carbocycles. The molecule has 102 valence electrons. The fourth-order valence-corrected chi connectivity index (χ4v) is 2.16. The van der Waals surface area contributed by atoms with Gasteiger partial charge in [-0.15, -0.1) is 12.4 Å². The molecule has 2 rings (SSSR count). The number of anilines is 1. The standard InChI is InChI=1S/C12H20N4O.ClH/c1-2-16-9-11(8-14-16)15-12(17)7-10-3-5-13-6-4-10;/h8-10,13H,2-7H2,1H3,(H,15,17);1H. The van der Waals surface area contributed by atoms with Crippen LogP contribution in [0.4, 0.5) is 5.69 Å². The molecule has 0 bridgehead atoms. The third-order valence-electron chi connectivity index (χ3n) is 3.17. The highest BCUT2D eigenvalue weighted by Gasteiger charge is 2.16. The second-order valence-corrected chi connectivity index (χ2v) is 4.53. The molecule has 1 aromatic rings. The van der Waals surface area contributed by atoms with E-state index in [1.165, 1.54) is 0 Å². The van der Waals surface area contributed by atoms with E-state index in [1.54, 1.807) is 10.9 Å². The quantitative estimate of drug-likeness (QED) is 0.876. The molecular formula is C12H21ClN4O. The molecule has 1 aliphatic rings. The van der Waals surface area contributed by atoms with Crippen molar-refractivity contribution in [3.8, 4) is 0 Å². The fraction of sp³-hybridized carbons (Fsp3) is 0.667. The molecule has 1 saturated heterocycles. The lowest BCUT2D eigenvalue weighted by molar-refractivity contribution is -0.117. The molecule has 18 heavy (non-hydrogen) atoms. The van der Waals surface area contributed by atoms with E-state index >= 15 is 0 Å². The van der Waals surface area contributed by atoms with E-state index in [0.717, 1.165) is 38.2 Å². The van der Waals surface area contributed by atoms with Crippen molar-refractivity contribution in [2.75, 3.05) is 18.4 Å². The molecule has 0 spiro atoms. The van der Waals surface area contributed by atoms with E-state index in [4.69, 9.17) is 0 Å². The number of carbonyl (C=O) groups excluding carboxylic acids is 1. The largest absolute Gasteiger partial charge is 0.323 e. The average Bonchev–Trinajstić information content (AvgIpc) is 2.78. The summed E-state index contributed by atoms with van der Waals surface area (Å²) in [6.45, 7) is 4.91. The summed E-state index contributed by atoms with van der Waals surface area (Å²) in [6.07, 6.45) is 6.38. The summed E-state index contributed by atoms with van der Waals surface area (Å²) < 4.78 is 1.81. The first-order chi connectivity index (χ1) is 8.28. The fourth-order valence-electron chi connectivity index (χ4n) is 2.16. The molecule has 5 nitrogen and oxygen atoms in total. The summed E-state index contributed by atoms with van der Waals surface area (Å²) in [5.41, 5.74) is 0.797. The highest BCUT2D eigenvalue weighted by molar-refractivity contribution is 5.90. The minimum Gasteiger partial charge on any atom is -0.323 e. The van der Waals surface area contributed by atoms with E-state index in [9.17, 15) is 4.79 Å². The van der Waals surface area contributed by atoms with Crippen molar-refractivity contribution in [2.45, 2.75) is 32.7 Å². The molecule has 6 heteroatoms. The van der Waals surface area contributed by atoms with Gasteiger partial charge in [-0.3, -0.25) is 9.48 Å². The zero-order valence-corrected chi connectivity index (χ0v) is 11.5. The van der Waals surface area contributed by atoms with Gasteiger partial charge in [0.25, 0.3) is 0 Å². The molecule has 0 unspecified atom stereocenters. The number of nitrogens with one attached hydrogen (secondary N) is 2. The van der Waals surface area contributed by atoms with Gasteiger partial charge in [0.05, 0.1) is 11.9 Å². The summed E-state index contributed by atoms with van der Waals surface area (Å²) in [7, 11) is 0. The topological polar surface area (TPSA) is 59.0 Å². The maximum absolute atomic E-state index is 11.8. The van der Waals surface area contributed by atoms with Gasteiger partial charge in [0.2, 0.25) is 5.91 Å². The number of piperidine rings is 1. The van der Waals surface area contributed by atoms with Crippen molar-refractivity contribution in [3.63, 3.8) is 0 Å². The minimum atomic E-state index is 0. The van der Waals surface area contributed by atoms with Crippen LogP contribution >= 0.6 is 12.4 Å². The van der Waals surface area contributed by atoms with Crippen LogP contribution in [0.2, 0.25) is 0 Å². The van der Waals surface area contributed by atoms with Crippen molar-refractivity contribution in [2.24, 2.45) is 5.92 Å². The number of halogens is 1. The molecular weight excluding hydrogens is 252 g/mol. The first kappa shape index (κ1) is 15.0. The van der Waals surface area contributed by atoms with Gasteiger partial charge in [0, 0.05) is 19.2 Å². The zero-order valence-electron chi connectivity index (χ0n) is 10.7. The monoisotopic (exact) mass is 272 g/mol. The summed E-state index contributed by atoms with van der Waals surface area (Å²) >= 11 is 0. The van der Waals surface area contributed by atoms with Crippen LogP contribution in [0.1, 0.15) is 26.2 Å². The van der Waals surface area contributed by atoms with Crippen LogP contribution in [0.3, 0.4) is 0 Å². The van der Waals surface area contributed by atoms with Gasteiger partial charge in [-0.1, -0.05) is 0 Å². The van der Waals surface area contributed by atoms with Crippen LogP contribution in [0.25, 0.3) is 0 Å². The first-order valence-electron chi connectivity index (χ1n) is 6.31. The average molecular weight is 273 g/mol. The molecule has 1 amide bonds. The maximum atomic E-state index is 11.8. The number of carbonyl (C=O) groups is 1. The zero-order chi connectivity index (χ0) is 12.1. The molecule has 1 aliphatic heterocycles. The Kier molecular flexibility index (Phi) is 6.15. The number of nitrogens with zero attached hydrogens (tertiary/aromatic N) is 2. The molecule has 2 heterocycles. The van der Waals surface area contributed by atoms with Crippen molar-refractivity contribution >= 4 is 24.0 Å². The van der Waals surface area contributed by atoms with Gasteiger partial charge in [0.15, 0.2) is 0 Å². The molecule has 1 fully saturated rings. The molecule has 1 aromatic heterocycles. The van der Waals surface area contributed by atoms with E-state index in [1.807, 2.05) is 13.1 Å². The highest BCUT2D eigenvalue weighted by atomic mass is 35.5. The van der Waals surface area contributed by atoms with Crippen molar-refractivity contribution < 1.29 is 4.79 Å². The van der Waals surface area contributed by atoms with Gasteiger partial charge in [-0.25, -0.2) is 0 Å². The predicted molar refractivity (Wildman–Crippen MR) is 74.0 cm³/mol. The van der Waals surface area contributed by atoms with Gasteiger partial charge >= 0.3 is 0 Å².